The summed E-state index contributed by atoms with van der Waals surface area (Å²) in [6, 6.07) is 10.7. The molecule has 4 rings (SSSR count). The molecule has 1 aliphatic rings. The molecule has 31 heavy (non-hydrogen) atoms. The number of carbonyl (C=O) groups excluding carboxylic acids is 1. The predicted octanol–water partition coefficient (Wildman–Crippen LogP) is 4.10. The summed E-state index contributed by atoms with van der Waals surface area (Å²) in [6.07, 6.45) is 0.169. The number of nitrogens with zero attached hydrogens (tertiary/aromatic N) is 3. The first-order valence-electron chi connectivity index (χ1n) is 10.0. The molecule has 0 unspecified atom stereocenters. The Morgan fingerprint density at radius 3 is 2.61 bits per heavy atom. The molecule has 0 radical (unpaired) electrons. The highest BCUT2D eigenvalue weighted by Crippen LogP contribution is 2.30. The van der Waals surface area contributed by atoms with Crippen LogP contribution >= 0.6 is 11.6 Å². The van der Waals surface area contributed by atoms with Crippen LogP contribution in [0, 0.1) is 0 Å². The molecule has 2 aromatic heterocycles. The quantitative estimate of drug-likeness (QED) is 0.596. The van der Waals surface area contributed by atoms with Gasteiger partial charge in [-0.1, -0.05) is 23.7 Å². The number of aromatic nitrogens is 2. The molecule has 3 aromatic rings. The third kappa shape index (κ3) is 4.44. The Balaban J connectivity index is 1.69. The van der Waals surface area contributed by atoms with E-state index < -0.39 is 12.1 Å². The molecule has 1 N–H and O–H groups in total. The first-order valence-corrected chi connectivity index (χ1v) is 10.4. The standard InChI is InChI=1S/C22H22ClN3O5/c1-2-30-21(27)19-8-7-16(31-19)13-26-18-10-12-25(22(28)29)11-9-17(18)20(24-26)14-3-5-15(23)6-4-14/h3-8H,2,9-13H2,1H3,(H,28,29). The van der Waals surface area contributed by atoms with Gasteiger partial charge in [-0.2, -0.15) is 5.10 Å². The third-order valence-electron chi connectivity index (χ3n) is 5.25. The highest BCUT2D eigenvalue weighted by Gasteiger charge is 2.26. The van der Waals surface area contributed by atoms with Gasteiger partial charge in [0.2, 0.25) is 5.76 Å². The lowest BCUT2D eigenvalue weighted by atomic mass is 10.0. The van der Waals surface area contributed by atoms with Gasteiger partial charge < -0.3 is 19.2 Å². The molecule has 0 saturated heterocycles. The number of rotatable bonds is 5. The van der Waals surface area contributed by atoms with Gasteiger partial charge in [-0.05, 0) is 37.6 Å². The van der Waals surface area contributed by atoms with Crippen molar-refractivity contribution in [2.24, 2.45) is 0 Å². The summed E-state index contributed by atoms with van der Waals surface area (Å²) in [4.78, 5) is 24.8. The van der Waals surface area contributed by atoms with Crippen molar-refractivity contribution in [2.45, 2.75) is 26.3 Å². The SMILES string of the molecule is CCOC(=O)c1ccc(Cn2nc(-c3ccc(Cl)cc3)c3c2CCN(C(=O)O)CC3)o1. The van der Waals surface area contributed by atoms with E-state index in [9.17, 15) is 14.7 Å². The van der Waals surface area contributed by atoms with Crippen molar-refractivity contribution >= 4 is 23.7 Å². The maximum absolute atomic E-state index is 11.9. The highest BCUT2D eigenvalue weighted by molar-refractivity contribution is 6.30. The molecule has 0 spiro atoms. The highest BCUT2D eigenvalue weighted by atomic mass is 35.5. The fourth-order valence-corrected chi connectivity index (χ4v) is 3.89. The second kappa shape index (κ2) is 8.85. The molecule has 1 aromatic carbocycles. The molecule has 162 valence electrons. The Hall–Kier alpha value is -3.26. The third-order valence-corrected chi connectivity index (χ3v) is 5.50. The Morgan fingerprint density at radius 2 is 1.90 bits per heavy atom. The van der Waals surface area contributed by atoms with Crippen LogP contribution in [0.15, 0.2) is 40.8 Å². The van der Waals surface area contributed by atoms with Gasteiger partial charge in [-0.3, -0.25) is 4.68 Å². The molecule has 3 heterocycles. The molecule has 9 heteroatoms. The molecule has 0 atom stereocenters. The number of esters is 1. The van der Waals surface area contributed by atoms with Crippen molar-refractivity contribution < 1.29 is 23.8 Å². The van der Waals surface area contributed by atoms with Crippen LogP contribution < -0.4 is 0 Å². The van der Waals surface area contributed by atoms with Crippen LogP contribution in [0.2, 0.25) is 5.02 Å². The van der Waals surface area contributed by atoms with Crippen molar-refractivity contribution in [2.75, 3.05) is 19.7 Å². The Bertz CT molecular complexity index is 1100. The van der Waals surface area contributed by atoms with Crippen LogP contribution in [-0.2, 0) is 24.1 Å². The molecule has 0 saturated carbocycles. The second-order valence-electron chi connectivity index (χ2n) is 7.19. The number of amides is 1. The Labute approximate surface area is 184 Å². The fourth-order valence-electron chi connectivity index (χ4n) is 3.76. The van der Waals surface area contributed by atoms with E-state index in [-0.39, 0.29) is 12.4 Å². The molecule has 0 aliphatic carbocycles. The normalized spacial score (nSPS) is 13.5. The van der Waals surface area contributed by atoms with E-state index in [2.05, 4.69) is 0 Å². The molecular formula is C22H22ClN3O5. The van der Waals surface area contributed by atoms with E-state index >= 15 is 0 Å². The molecule has 8 nitrogen and oxygen atoms in total. The van der Waals surface area contributed by atoms with Gasteiger partial charge >= 0.3 is 12.1 Å². The van der Waals surface area contributed by atoms with E-state index in [1.807, 2.05) is 16.8 Å². The number of hydrogen-bond donors (Lipinski definition) is 1. The van der Waals surface area contributed by atoms with Gasteiger partial charge in [0.15, 0.2) is 0 Å². The molecular weight excluding hydrogens is 422 g/mol. The molecule has 0 bridgehead atoms. The van der Waals surface area contributed by atoms with E-state index in [4.69, 9.17) is 25.9 Å². The zero-order chi connectivity index (χ0) is 22.0. The zero-order valence-corrected chi connectivity index (χ0v) is 17.8. The van der Waals surface area contributed by atoms with Crippen LogP contribution in [-0.4, -0.2) is 51.5 Å². The number of halogens is 1. The summed E-state index contributed by atoms with van der Waals surface area (Å²) in [5.41, 5.74) is 3.69. The van der Waals surface area contributed by atoms with Gasteiger partial charge in [0, 0.05) is 41.4 Å². The van der Waals surface area contributed by atoms with Gasteiger partial charge in [-0.15, -0.1) is 0 Å². The molecule has 1 amide bonds. The average Bonchev–Trinajstić information content (AvgIpc) is 3.27. The number of hydrogen-bond acceptors (Lipinski definition) is 5. The molecule has 0 fully saturated rings. The summed E-state index contributed by atoms with van der Waals surface area (Å²) in [5.74, 6) is 0.201. The van der Waals surface area contributed by atoms with E-state index in [0.717, 1.165) is 22.5 Å². The lowest BCUT2D eigenvalue weighted by molar-refractivity contribution is 0.0487. The van der Waals surface area contributed by atoms with Gasteiger partial charge in [0.1, 0.15) is 5.76 Å². The van der Waals surface area contributed by atoms with Crippen molar-refractivity contribution in [1.82, 2.24) is 14.7 Å². The minimum absolute atomic E-state index is 0.144. The van der Waals surface area contributed by atoms with Crippen molar-refractivity contribution in [1.29, 1.82) is 0 Å². The van der Waals surface area contributed by atoms with Gasteiger partial charge in [0.05, 0.1) is 18.8 Å². The van der Waals surface area contributed by atoms with E-state index in [1.54, 1.807) is 31.2 Å². The van der Waals surface area contributed by atoms with Crippen LogP contribution in [0.25, 0.3) is 11.3 Å². The van der Waals surface area contributed by atoms with Crippen LogP contribution in [0.3, 0.4) is 0 Å². The monoisotopic (exact) mass is 443 g/mol. The minimum atomic E-state index is -0.928. The topological polar surface area (TPSA) is 97.8 Å². The number of carbonyl (C=O) groups is 2. The van der Waals surface area contributed by atoms with E-state index in [1.165, 1.54) is 4.90 Å². The Kier molecular flexibility index (Phi) is 5.99. The summed E-state index contributed by atoms with van der Waals surface area (Å²) in [5, 5.41) is 14.9. The summed E-state index contributed by atoms with van der Waals surface area (Å²) in [6.45, 7) is 3.12. The molecule has 1 aliphatic heterocycles. The van der Waals surface area contributed by atoms with Crippen molar-refractivity contribution in [3.8, 4) is 11.3 Å². The zero-order valence-electron chi connectivity index (χ0n) is 17.0. The lowest BCUT2D eigenvalue weighted by Crippen LogP contribution is -2.32. The maximum Gasteiger partial charge on any atom is 0.407 e. The smallest absolute Gasteiger partial charge is 0.407 e. The summed E-state index contributed by atoms with van der Waals surface area (Å²) < 4.78 is 12.5. The number of benzene rings is 1. The summed E-state index contributed by atoms with van der Waals surface area (Å²) >= 11 is 6.04. The van der Waals surface area contributed by atoms with Crippen LogP contribution in [0.4, 0.5) is 4.79 Å². The number of fused-ring (bicyclic) bond motifs is 1. The number of furan rings is 1. The first-order chi connectivity index (χ1) is 15.0. The first kappa shape index (κ1) is 21.0. The second-order valence-corrected chi connectivity index (χ2v) is 7.63. The van der Waals surface area contributed by atoms with Gasteiger partial charge in [-0.25, -0.2) is 9.59 Å². The Morgan fingerprint density at radius 1 is 1.16 bits per heavy atom. The minimum Gasteiger partial charge on any atom is -0.465 e. The lowest BCUT2D eigenvalue weighted by Gasteiger charge is -2.15. The predicted molar refractivity (Wildman–Crippen MR) is 113 cm³/mol. The maximum atomic E-state index is 11.9. The largest absolute Gasteiger partial charge is 0.465 e. The van der Waals surface area contributed by atoms with Crippen molar-refractivity contribution in [3.05, 3.63) is 64.2 Å². The van der Waals surface area contributed by atoms with Gasteiger partial charge in [0.25, 0.3) is 0 Å². The number of ether oxygens (including phenoxy) is 1. The van der Waals surface area contributed by atoms with Crippen LogP contribution in [0.5, 0.6) is 0 Å². The fraction of sp³-hybridized carbons (Fsp3) is 0.318. The van der Waals surface area contributed by atoms with Crippen LogP contribution in [0.1, 0.15) is 34.5 Å². The average molecular weight is 444 g/mol. The summed E-state index contributed by atoms with van der Waals surface area (Å²) in [7, 11) is 0. The van der Waals surface area contributed by atoms with Crippen molar-refractivity contribution in [3.63, 3.8) is 0 Å². The van der Waals surface area contributed by atoms with E-state index in [0.29, 0.717) is 43.3 Å². The number of carboxylic acid groups (broad SMARTS) is 1.